The van der Waals surface area contributed by atoms with Gasteiger partial charge in [-0.25, -0.2) is 0 Å². The SMILES string of the molecule is COc1cc(CC(=O)N2CCNC(=O)C23CCCCC3)cc(OC)c1OC. The first-order valence-electron chi connectivity index (χ1n) is 9.43. The molecule has 7 heteroatoms. The molecule has 1 heterocycles. The molecule has 1 aromatic carbocycles. The molecule has 27 heavy (non-hydrogen) atoms. The Hall–Kier alpha value is -2.44. The van der Waals surface area contributed by atoms with Crippen molar-refractivity contribution in [3.63, 3.8) is 0 Å². The molecule has 1 aliphatic heterocycles. The minimum Gasteiger partial charge on any atom is -0.493 e. The van der Waals surface area contributed by atoms with E-state index in [4.69, 9.17) is 14.2 Å². The van der Waals surface area contributed by atoms with Gasteiger partial charge in [0.25, 0.3) is 0 Å². The average Bonchev–Trinajstić information content (AvgIpc) is 2.69. The largest absolute Gasteiger partial charge is 0.493 e. The summed E-state index contributed by atoms with van der Waals surface area (Å²) in [6.45, 7) is 1.05. The molecular weight excluding hydrogens is 348 g/mol. The second-order valence-corrected chi connectivity index (χ2v) is 7.10. The van der Waals surface area contributed by atoms with Crippen LogP contribution in [0.4, 0.5) is 0 Å². The Morgan fingerprint density at radius 3 is 2.26 bits per heavy atom. The third kappa shape index (κ3) is 3.55. The van der Waals surface area contributed by atoms with Crippen molar-refractivity contribution in [2.24, 2.45) is 0 Å². The van der Waals surface area contributed by atoms with Crippen LogP contribution in [0.1, 0.15) is 37.7 Å². The van der Waals surface area contributed by atoms with Crippen LogP contribution in [0, 0.1) is 0 Å². The summed E-state index contributed by atoms with van der Waals surface area (Å²) in [7, 11) is 4.65. The molecule has 2 fully saturated rings. The Bertz CT molecular complexity index is 687. The number of piperazine rings is 1. The molecule has 1 aromatic rings. The minimum atomic E-state index is -0.686. The Morgan fingerprint density at radius 2 is 1.70 bits per heavy atom. The van der Waals surface area contributed by atoms with Gasteiger partial charge in [0.1, 0.15) is 5.54 Å². The van der Waals surface area contributed by atoms with E-state index in [1.807, 2.05) is 0 Å². The van der Waals surface area contributed by atoms with Crippen LogP contribution in [0.2, 0.25) is 0 Å². The molecule has 1 spiro atoms. The number of methoxy groups -OCH3 is 3. The number of hydrogen-bond donors (Lipinski definition) is 1. The second-order valence-electron chi connectivity index (χ2n) is 7.10. The quantitative estimate of drug-likeness (QED) is 0.850. The highest BCUT2D eigenvalue weighted by Gasteiger charge is 2.48. The maximum Gasteiger partial charge on any atom is 0.246 e. The van der Waals surface area contributed by atoms with Gasteiger partial charge in [-0.2, -0.15) is 0 Å². The van der Waals surface area contributed by atoms with Gasteiger partial charge in [-0.15, -0.1) is 0 Å². The molecule has 0 aromatic heterocycles. The van der Waals surface area contributed by atoms with E-state index in [0.717, 1.165) is 37.7 Å². The lowest BCUT2D eigenvalue weighted by molar-refractivity contribution is -0.153. The fourth-order valence-corrected chi connectivity index (χ4v) is 4.29. The first-order chi connectivity index (χ1) is 13.1. The number of benzene rings is 1. The molecule has 1 N–H and O–H groups in total. The Morgan fingerprint density at radius 1 is 1.07 bits per heavy atom. The van der Waals surface area contributed by atoms with Gasteiger partial charge in [0.15, 0.2) is 11.5 Å². The maximum atomic E-state index is 13.2. The van der Waals surface area contributed by atoms with E-state index in [1.54, 1.807) is 38.4 Å². The van der Waals surface area contributed by atoms with Crippen LogP contribution < -0.4 is 19.5 Å². The van der Waals surface area contributed by atoms with Gasteiger partial charge in [-0.3, -0.25) is 9.59 Å². The molecule has 2 amide bonds. The van der Waals surface area contributed by atoms with Gasteiger partial charge >= 0.3 is 0 Å². The van der Waals surface area contributed by atoms with Crippen molar-refractivity contribution in [2.45, 2.75) is 44.1 Å². The molecule has 0 unspecified atom stereocenters. The number of nitrogens with zero attached hydrogens (tertiary/aromatic N) is 1. The number of rotatable bonds is 5. The maximum absolute atomic E-state index is 13.2. The minimum absolute atomic E-state index is 0.00769. The van der Waals surface area contributed by atoms with Crippen LogP contribution in [0.3, 0.4) is 0 Å². The smallest absolute Gasteiger partial charge is 0.246 e. The van der Waals surface area contributed by atoms with E-state index < -0.39 is 5.54 Å². The Balaban J connectivity index is 1.86. The number of carbonyl (C=O) groups is 2. The summed E-state index contributed by atoms with van der Waals surface area (Å²) in [5, 5.41) is 2.95. The predicted molar refractivity (Wildman–Crippen MR) is 100 cm³/mol. The molecular formula is C20H28N2O5. The van der Waals surface area contributed by atoms with Gasteiger partial charge in [0, 0.05) is 13.1 Å². The standard InChI is InChI=1S/C20H28N2O5/c1-25-15-11-14(12-16(26-2)18(15)27-3)13-17(23)22-10-9-21-19(24)20(22)7-5-4-6-8-20/h11-12H,4-10,13H2,1-3H3,(H,21,24). The van der Waals surface area contributed by atoms with Crippen LogP contribution in [-0.4, -0.2) is 56.7 Å². The third-order valence-corrected chi connectivity index (χ3v) is 5.62. The van der Waals surface area contributed by atoms with Gasteiger partial charge in [-0.1, -0.05) is 19.3 Å². The highest BCUT2D eigenvalue weighted by atomic mass is 16.5. The van der Waals surface area contributed by atoms with Crippen molar-refractivity contribution in [3.8, 4) is 17.2 Å². The van der Waals surface area contributed by atoms with E-state index >= 15 is 0 Å². The molecule has 2 aliphatic rings. The zero-order valence-electron chi connectivity index (χ0n) is 16.3. The molecule has 7 nitrogen and oxygen atoms in total. The van der Waals surface area contributed by atoms with E-state index in [1.165, 1.54) is 0 Å². The van der Waals surface area contributed by atoms with Crippen molar-refractivity contribution < 1.29 is 23.8 Å². The molecule has 1 aliphatic carbocycles. The first-order valence-corrected chi connectivity index (χ1v) is 9.43. The molecule has 0 bridgehead atoms. The lowest BCUT2D eigenvalue weighted by Crippen LogP contribution is -2.67. The summed E-state index contributed by atoms with van der Waals surface area (Å²) in [4.78, 5) is 27.6. The van der Waals surface area contributed by atoms with Crippen molar-refractivity contribution >= 4 is 11.8 Å². The number of nitrogens with one attached hydrogen (secondary N) is 1. The number of amides is 2. The van der Waals surface area contributed by atoms with Crippen LogP contribution in [0.15, 0.2) is 12.1 Å². The van der Waals surface area contributed by atoms with Crippen LogP contribution in [0.25, 0.3) is 0 Å². The second kappa shape index (κ2) is 8.06. The molecule has 0 atom stereocenters. The lowest BCUT2D eigenvalue weighted by Gasteiger charge is -2.48. The van der Waals surface area contributed by atoms with Crippen LogP contribution >= 0.6 is 0 Å². The summed E-state index contributed by atoms with van der Waals surface area (Å²) in [5.41, 5.74) is 0.0836. The fourth-order valence-electron chi connectivity index (χ4n) is 4.29. The molecule has 0 radical (unpaired) electrons. The Kier molecular flexibility index (Phi) is 5.77. The van der Waals surface area contributed by atoms with Crippen molar-refractivity contribution in [1.82, 2.24) is 10.2 Å². The zero-order chi connectivity index (χ0) is 19.4. The van der Waals surface area contributed by atoms with Crippen molar-refractivity contribution in [1.29, 1.82) is 0 Å². The Labute approximate surface area is 160 Å². The highest BCUT2D eigenvalue weighted by Crippen LogP contribution is 2.39. The number of carbonyl (C=O) groups excluding carboxylic acids is 2. The fraction of sp³-hybridized carbons (Fsp3) is 0.600. The topological polar surface area (TPSA) is 77.1 Å². The third-order valence-electron chi connectivity index (χ3n) is 5.62. The van der Waals surface area contributed by atoms with E-state index in [-0.39, 0.29) is 18.2 Å². The van der Waals surface area contributed by atoms with Crippen LogP contribution in [-0.2, 0) is 16.0 Å². The predicted octanol–water partition coefficient (Wildman–Crippen LogP) is 1.92. The van der Waals surface area contributed by atoms with Gasteiger partial charge in [0.2, 0.25) is 17.6 Å². The van der Waals surface area contributed by atoms with Gasteiger partial charge in [0.05, 0.1) is 27.8 Å². The molecule has 148 valence electrons. The summed E-state index contributed by atoms with van der Waals surface area (Å²) in [6.07, 6.45) is 4.72. The average molecular weight is 376 g/mol. The number of ether oxygens (including phenoxy) is 3. The summed E-state index contributed by atoms with van der Waals surface area (Å²) < 4.78 is 16.1. The van der Waals surface area contributed by atoms with E-state index in [2.05, 4.69) is 5.32 Å². The van der Waals surface area contributed by atoms with Gasteiger partial charge < -0.3 is 24.4 Å². The van der Waals surface area contributed by atoms with Crippen LogP contribution in [0.5, 0.6) is 17.2 Å². The monoisotopic (exact) mass is 376 g/mol. The molecule has 1 saturated carbocycles. The number of hydrogen-bond acceptors (Lipinski definition) is 5. The first kappa shape index (κ1) is 19.3. The molecule has 1 saturated heterocycles. The zero-order valence-corrected chi connectivity index (χ0v) is 16.3. The summed E-state index contributed by atoms with van der Waals surface area (Å²) in [6, 6.07) is 3.58. The van der Waals surface area contributed by atoms with E-state index in [9.17, 15) is 9.59 Å². The van der Waals surface area contributed by atoms with Crippen molar-refractivity contribution in [3.05, 3.63) is 17.7 Å². The van der Waals surface area contributed by atoms with E-state index in [0.29, 0.717) is 30.3 Å². The van der Waals surface area contributed by atoms with Crippen molar-refractivity contribution in [2.75, 3.05) is 34.4 Å². The van der Waals surface area contributed by atoms with Gasteiger partial charge in [-0.05, 0) is 30.5 Å². The highest BCUT2D eigenvalue weighted by molar-refractivity contribution is 5.93. The lowest BCUT2D eigenvalue weighted by atomic mass is 9.78. The normalized spacial score (nSPS) is 18.8. The summed E-state index contributed by atoms with van der Waals surface area (Å²) in [5.74, 6) is 1.48. The molecule has 3 rings (SSSR count). The summed E-state index contributed by atoms with van der Waals surface area (Å²) >= 11 is 0.